The van der Waals surface area contributed by atoms with Gasteiger partial charge in [0.25, 0.3) is 0 Å². The Bertz CT molecular complexity index is 240. The van der Waals surface area contributed by atoms with Gasteiger partial charge >= 0.3 is 0 Å². The van der Waals surface area contributed by atoms with Gasteiger partial charge in [0, 0.05) is 5.16 Å². The molecule has 0 aromatic carbocycles. The van der Waals surface area contributed by atoms with E-state index in [0.29, 0.717) is 15.5 Å². The van der Waals surface area contributed by atoms with Crippen molar-refractivity contribution < 1.29 is 0 Å². The number of rotatable bonds is 0. The minimum atomic E-state index is 0.0139. The molecule has 0 bridgehead atoms. The lowest BCUT2D eigenvalue weighted by atomic mass is 10.1. The minimum absolute atomic E-state index is 0.0139. The third kappa shape index (κ3) is 2.22. The van der Waals surface area contributed by atoms with Gasteiger partial charge in [-0.15, -0.1) is 0 Å². The van der Waals surface area contributed by atoms with E-state index in [9.17, 15) is 0 Å². The van der Waals surface area contributed by atoms with Crippen LogP contribution < -0.4 is 0 Å². The summed E-state index contributed by atoms with van der Waals surface area (Å²) in [6.45, 7) is 16.9. The van der Waals surface area contributed by atoms with Crippen LogP contribution in [-0.4, -0.2) is 15.5 Å². The number of allylic oxidation sites excluding steroid dienone is 2. The average molecular weight is 212 g/mol. The van der Waals surface area contributed by atoms with Crippen LogP contribution in [0.1, 0.15) is 54.9 Å². The van der Waals surface area contributed by atoms with E-state index >= 15 is 0 Å². The molecule has 0 saturated heterocycles. The maximum Gasteiger partial charge on any atom is 0.00368 e. The molecule has 1 rings (SSSR count). The summed E-state index contributed by atoms with van der Waals surface area (Å²) in [5, 5.41) is 1.34. The lowest BCUT2D eigenvalue weighted by Gasteiger charge is -2.53. The van der Waals surface area contributed by atoms with Crippen molar-refractivity contribution in [3.05, 3.63) is 12.2 Å². The van der Waals surface area contributed by atoms with Gasteiger partial charge in [0.05, 0.1) is 0 Å². The largest absolute Gasteiger partial charge is 0.0868 e. The highest BCUT2D eigenvalue weighted by Gasteiger charge is 2.46. The first-order chi connectivity index (χ1) is 6.07. The van der Waals surface area contributed by atoms with Gasteiger partial charge in [-0.3, -0.25) is 0 Å². The quantitative estimate of drug-likeness (QED) is 0.400. The Labute approximate surface area is 90.9 Å². The maximum absolute atomic E-state index is 2.44. The Balaban J connectivity index is 3.14. The summed E-state index contributed by atoms with van der Waals surface area (Å²) in [6.07, 6.45) is 6.07. The van der Waals surface area contributed by atoms with Crippen LogP contribution in [-0.2, 0) is 0 Å². The van der Waals surface area contributed by atoms with Gasteiger partial charge in [0.15, 0.2) is 0 Å². The summed E-state index contributed by atoms with van der Waals surface area (Å²) in [6, 6.07) is 0. The van der Waals surface area contributed by atoms with Crippen molar-refractivity contribution in [2.45, 2.75) is 70.4 Å². The molecule has 82 valence electrons. The molecule has 0 radical (unpaired) electrons. The molecular formula is C13H25P. The van der Waals surface area contributed by atoms with Crippen molar-refractivity contribution in [2.24, 2.45) is 0 Å². The molecule has 1 heterocycles. The Hall–Kier alpha value is 0.170. The van der Waals surface area contributed by atoms with Gasteiger partial charge < -0.3 is 0 Å². The van der Waals surface area contributed by atoms with Gasteiger partial charge in [0.1, 0.15) is 0 Å². The molecule has 14 heavy (non-hydrogen) atoms. The lowest BCUT2D eigenvalue weighted by Crippen LogP contribution is -2.39. The first-order valence-electron chi connectivity index (χ1n) is 5.55. The van der Waals surface area contributed by atoms with Crippen LogP contribution in [0.3, 0.4) is 0 Å². The maximum atomic E-state index is 2.44. The standard InChI is InChI=1S/C13H25P/c1-11(2,3)14-12(4,5)9-8-10-13(14,6)7/h8-9H,10H2,1-7H3. The van der Waals surface area contributed by atoms with Crippen molar-refractivity contribution >= 4 is 7.92 Å². The number of hydrogen-bond acceptors (Lipinski definition) is 0. The number of hydrogen-bond donors (Lipinski definition) is 0. The third-order valence-electron chi connectivity index (χ3n) is 3.00. The smallest absolute Gasteiger partial charge is 0.00368 e. The zero-order valence-electron chi connectivity index (χ0n) is 10.8. The molecule has 0 aromatic rings. The molecule has 1 unspecified atom stereocenters. The summed E-state index contributed by atoms with van der Waals surface area (Å²) < 4.78 is 0. The molecular weight excluding hydrogens is 187 g/mol. The fourth-order valence-corrected chi connectivity index (χ4v) is 9.00. The third-order valence-corrected chi connectivity index (χ3v) is 7.03. The monoisotopic (exact) mass is 212 g/mol. The zero-order valence-corrected chi connectivity index (χ0v) is 11.7. The van der Waals surface area contributed by atoms with Crippen LogP contribution in [0.15, 0.2) is 12.2 Å². The van der Waals surface area contributed by atoms with Crippen LogP contribution in [0.25, 0.3) is 0 Å². The highest BCUT2D eigenvalue weighted by atomic mass is 31.1. The Kier molecular flexibility index (Phi) is 2.92. The van der Waals surface area contributed by atoms with Gasteiger partial charge in [-0.05, 0) is 16.7 Å². The van der Waals surface area contributed by atoms with E-state index in [2.05, 4.69) is 60.6 Å². The molecule has 0 fully saturated rings. The van der Waals surface area contributed by atoms with Crippen molar-refractivity contribution in [2.75, 3.05) is 0 Å². The molecule has 1 atom stereocenters. The van der Waals surface area contributed by atoms with Crippen LogP contribution in [0, 0.1) is 0 Å². The van der Waals surface area contributed by atoms with Crippen LogP contribution in [0.5, 0.6) is 0 Å². The van der Waals surface area contributed by atoms with Crippen molar-refractivity contribution in [3.8, 4) is 0 Å². The van der Waals surface area contributed by atoms with E-state index in [4.69, 9.17) is 0 Å². The molecule has 0 N–H and O–H groups in total. The first-order valence-corrected chi connectivity index (χ1v) is 6.90. The first kappa shape index (κ1) is 12.2. The molecule has 1 aliphatic heterocycles. The Morgan fingerprint density at radius 1 is 1.07 bits per heavy atom. The second-order valence-corrected chi connectivity index (χ2v) is 11.0. The topological polar surface area (TPSA) is 0 Å². The molecule has 0 aromatic heterocycles. The van der Waals surface area contributed by atoms with E-state index < -0.39 is 0 Å². The van der Waals surface area contributed by atoms with E-state index in [1.54, 1.807) is 0 Å². The molecule has 0 aliphatic carbocycles. The van der Waals surface area contributed by atoms with Crippen LogP contribution in [0.2, 0.25) is 0 Å². The van der Waals surface area contributed by atoms with E-state index in [1.165, 1.54) is 6.42 Å². The van der Waals surface area contributed by atoms with E-state index in [0.717, 1.165) is 0 Å². The summed E-state index contributed by atoms with van der Waals surface area (Å²) in [7, 11) is 0.0139. The zero-order chi connectivity index (χ0) is 11.2. The molecule has 0 nitrogen and oxygen atoms in total. The van der Waals surface area contributed by atoms with E-state index in [-0.39, 0.29) is 7.92 Å². The highest BCUT2D eigenvalue weighted by molar-refractivity contribution is 7.62. The average Bonchev–Trinajstić information content (AvgIpc) is 1.76. The van der Waals surface area contributed by atoms with E-state index in [1.807, 2.05) is 0 Å². The minimum Gasteiger partial charge on any atom is -0.0868 e. The fraction of sp³-hybridized carbons (Fsp3) is 0.846. The normalized spacial score (nSPS) is 30.4. The fourth-order valence-electron chi connectivity index (χ4n) is 3.35. The van der Waals surface area contributed by atoms with Gasteiger partial charge in [-0.1, -0.05) is 68.5 Å². The lowest BCUT2D eigenvalue weighted by molar-refractivity contribution is 0.615. The molecule has 0 spiro atoms. The summed E-state index contributed by atoms with van der Waals surface area (Å²) in [4.78, 5) is 0. The van der Waals surface area contributed by atoms with Crippen LogP contribution >= 0.6 is 7.92 Å². The Morgan fingerprint density at radius 2 is 1.57 bits per heavy atom. The van der Waals surface area contributed by atoms with Gasteiger partial charge in [0.2, 0.25) is 0 Å². The van der Waals surface area contributed by atoms with Crippen molar-refractivity contribution in [1.82, 2.24) is 0 Å². The predicted molar refractivity (Wildman–Crippen MR) is 68.6 cm³/mol. The summed E-state index contributed by atoms with van der Waals surface area (Å²) in [5.74, 6) is 0. The molecule has 0 saturated carbocycles. The SMILES string of the molecule is CC(C)(C)P1C(C)(C)C=CCC1(C)C. The van der Waals surface area contributed by atoms with Crippen molar-refractivity contribution in [3.63, 3.8) is 0 Å². The van der Waals surface area contributed by atoms with Gasteiger partial charge in [-0.25, -0.2) is 0 Å². The summed E-state index contributed by atoms with van der Waals surface area (Å²) >= 11 is 0. The molecule has 1 aliphatic rings. The van der Waals surface area contributed by atoms with Gasteiger partial charge in [-0.2, -0.15) is 0 Å². The summed E-state index contributed by atoms with van der Waals surface area (Å²) in [5.41, 5.74) is 0. The predicted octanol–water partition coefficient (Wildman–Crippen LogP) is 4.78. The molecule has 1 heteroatoms. The van der Waals surface area contributed by atoms with Crippen LogP contribution in [0.4, 0.5) is 0 Å². The molecule has 0 amide bonds. The second-order valence-electron chi connectivity index (χ2n) is 6.58. The Morgan fingerprint density at radius 3 is 1.86 bits per heavy atom. The van der Waals surface area contributed by atoms with Crippen molar-refractivity contribution in [1.29, 1.82) is 0 Å². The highest BCUT2D eigenvalue weighted by Crippen LogP contribution is 2.70. The second kappa shape index (κ2) is 3.34.